The number of esters is 1. The first-order chi connectivity index (χ1) is 9.43. The van der Waals surface area contributed by atoms with Crippen LogP contribution < -0.4 is 0 Å². The van der Waals surface area contributed by atoms with Gasteiger partial charge in [0, 0.05) is 19.4 Å². The molecule has 1 rings (SSSR count). The zero-order chi connectivity index (χ0) is 15.1. The third-order valence-corrected chi connectivity index (χ3v) is 3.52. The van der Waals surface area contributed by atoms with Crippen LogP contribution in [-0.2, 0) is 27.3 Å². The van der Waals surface area contributed by atoms with Crippen molar-refractivity contribution in [2.75, 3.05) is 27.7 Å². The van der Waals surface area contributed by atoms with E-state index >= 15 is 0 Å². The van der Waals surface area contributed by atoms with Gasteiger partial charge in [0.25, 0.3) is 0 Å². The van der Waals surface area contributed by atoms with E-state index in [0.29, 0.717) is 0 Å². The van der Waals surface area contributed by atoms with Crippen molar-refractivity contribution in [1.29, 1.82) is 0 Å². The lowest BCUT2D eigenvalue weighted by atomic mass is 10.1. The molecule has 0 amide bonds. The van der Waals surface area contributed by atoms with Gasteiger partial charge >= 0.3 is 5.97 Å². The van der Waals surface area contributed by atoms with Crippen molar-refractivity contribution >= 4 is 27.7 Å². The van der Waals surface area contributed by atoms with Gasteiger partial charge in [-0.3, -0.25) is 14.3 Å². The highest BCUT2D eigenvalue weighted by Crippen LogP contribution is 2.17. The predicted molar refractivity (Wildman–Crippen MR) is 78.4 cm³/mol. The molecular formula is C13H20BrN3O3. The lowest BCUT2D eigenvalue weighted by molar-refractivity contribution is -0.141. The topological polar surface area (TPSA) is 64.4 Å². The number of ether oxygens (including phenoxy) is 1. The fraction of sp³-hybridized carbons (Fsp3) is 0.615. The van der Waals surface area contributed by atoms with Crippen LogP contribution in [0.3, 0.4) is 0 Å². The summed E-state index contributed by atoms with van der Waals surface area (Å²) < 4.78 is 7.17. The molecule has 0 unspecified atom stereocenters. The Morgan fingerprint density at radius 3 is 2.70 bits per heavy atom. The molecule has 0 saturated heterocycles. The van der Waals surface area contributed by atoms with E-state index in [1.54, 1.807) is 6.20 Å². The van der Waals surface area contributed by atoms with Gasteiger partial charge in [-0.2, -0.15) is 5.10 Å². The number of ketones is 1. The van der Waals surface area contributed by atoms with Crippen molar-refractivity contribution in [3.8, 4) is 0 Å². The highest BCUT2D eigenvalue weighted by Gasteiger charge is 2.14. The molecular weight excluding hydrogens is 326 g/mol. The number of carbonyl (C=O) groups excluding carboxylic acids is 2. The Hall–Kier alpha value is -1.21. The van der Waals surface area contributed by atoms with Crippen LogP contribution in [0.1, 0.15) is 18.5 Å². The number of hydrogen-bond acceptors (Lipinski definition) is 5. The molecule has 1 heterocycles. The standard InChI is InChI=1S/C13H20BrN3O3/c1-16(2)6-7-17-12(11(14)9-15-17)8-10(18)4-5-13(19)20-3/h9H,4-8H2,1-3H3. The fourth-order valence-corrected chi connectivity index (χ4v) is 2.11. The summed E-state index contributed by atoms with van der Waals surface area (Å²) in [6, 6.07) is 0. The Balaban J connectivity index is 2.59. The Bertz CT molecular complexity index is 471. The number of aromatic nitrogens is 2. The van der Waals surface area contributed by atoms with E-state index < -0.39 is 0 Å². The zero-order valence-corrected chi connectivity index (χ0v) is 13.6. The summed E-state index contributed by atoms with van der Waals surface area (Å²) >= 11 is 3.41. The van der Waals surface area contributed by atoms with E-state index in [9.17, 15) is 9.59 Å². The molecule has 1 aromatic heterocycles. The molecule has 0 atom stereocenters. The third kappa shape index (κ3) is 5.42. The molecule has 0 bridgehead atoms. The minimum atomic E-state index is -0.362. The maximum Gasteiger partial charge on any atom is 0.305 e. The van der Waals surface area contributed by atoms with Crippen LogP contribution in [0, 0.1) is 0 Å². The summed E-state index contributed by atoms with van der Waals surface area (Å²) in [6.07, 6.45) is 2.28. The lowest BCUT2D eigenvalue weighted by Crippen LogP contribution is -2.21. The van der Waals surface area contributed by atoms with Gasteiger partial charge < -0.3 is 9.64 Å². The van der Waals surface area contributed by atoms with Crippen LogP contribution in [0.25, 0.3) is 0 Å². The van der Waals surface area contributed by atoms with Crippen molar-refractivity contribution < 1.29 is 14.3 Å². The summed E-state index contributed by atoms with van der Waals surface area (Å²) in [5, 5.41) is 4.25. The van der Waals surface area contributed by atoms with Gasteiger partial charge in [-0.1, -0.05) is 0 Å². The molecule has 0 aliphatic rings. The van der Waals surface area contributed by atoms with E-state index in [2.05, 4.69) is 30.7 Å². The van der Waals surface area contributed by atoms with Gasteiger partial charge in [0.1, 0.15) is 5.78 Å². The van der Waals surface area contributed by atoms with Crippen molar-refractivity contribution in [2.45, 2.75) is 25.8 Å². The van der Waals surface area contributed by atoms with Gasteiger partial charge in [0.15, 0.2) is 0 Å². The summed E-state index contributed by atoms with van der Waals surface area (Å²) in [6.45, 7) is 1.57. The highest BCUT2D eigenvalue weighted by atomic mass is 79.9. The quantitative estimate of drug-likeness (QED) is 0.664. The average Bonchev–Trinajstić information content (AvgIpc) is 2.74. The number of nitrogens with zero attached hydrogens (tertiary/aromatic N) is 3. The van der Waals surface area contributed by atoms with Crippen molar-refractivity contribution in [3.63, 3.8) is 0 Å². The van der Waals surface area contributed by atoms with Gasteiger partial charge in [-0.05, 0) is 30.0 Å². The molecule has 0 N–H and O–H groups in total. The van der Waals surface area contributed by atoms with E-state index in [1.165, 1.54) is 7.11 Å². The normalized spacial score (nSPS) is 10.8. The third-order valence-electron chi connectivity index (χ3n) is 2.86. The second-order valence-electron chi connectivity index (χ2n) is 4.76. The van der Waals surface area contributed by atoms with Gasteiger partial charge in [-0.25, -0.2) is 0 Å². The Kier molecular flexibility index (Phi) is 6.87. The van der Waals surface area contributed by atoms with Crippen LogP contribution in [0.15, 0.2) is 10.7 Å². The minimum absolute atomic E-state index is 0.00250. The van der Waals surface area contributed by atoms with E-state index in [4.69, 9.17) is 0 Å². The fourth-order valence-electron chi connectivity index (χ4n) is 1.67. The van der Waals surface area contributed by atoms with Crippen LogP contribution in [0.2, 0.25) is 0 Å². The Morgan fingerprint density at radius 2 is 2.10 bits per heavy atom. The molecule has 0 radical (unpaired) electrons. The van der Waals surface area contributed by atoms with Gasteiger partial charge in [0.05, 0.1) is 36.4 Å². The first kappa shape index (κ1) is 16.8. The summed E-state index contributed by atoms with van der Waals surface area (Å²) in [5.41, 5.74) is 0.849. The second kappa shape index (κ2) is 8.16. The molecule has 7 heteroatoms. The Morgan fingerprint density at radius 1 is 1.40 bits per heavy atom. The lowest BCUT2D eigenvalue weighted by Gasteiger charge is -2.12. The summed E-state index contributed by atoms with van der Waals surface area (Å²) in [5.74, 6) is -0.360. The molecule has 112 valence electrons. The van der Waals surface area contributed by atoms with Crippen LogP contribution in [0.4, 0.5) is 0 Å². The minimum Gasteiger partial charge on any atom is -0.469 e. The van der Waals surface area contributed by atoms with Crippen molar-refractivity contribution in [2.24, 2.45) is 0 Å². The molecule has 20 heavy (non-hydrogen) atoms. The van der Waals surface area contributed by atoms with E-state index in [0.717, 1.165) is 23.3 Å². The molecule has 1 aromatic rings. The number of hydrogen-bond donors (Lipinski definition) is 0. The predicted octanol–water partition coefficient (Wildman–Crippen LogP) is 1.27. The molecule has 0 aliphatic carbocycles. The summed E-state index contributed by atoms with van der Waals surface area (Å²) in [4.78, 5) is 25.0. The largest absolute Gasteiger partial charge is 0.469 e. The number of Topliss-reactive ketones (excluding diaryl/α,β-unsaturated/α-hetero) is 1. The molecule has 0 aliphatic heterocycles. The number of likely N-dealkylation sites (N-methyl/N-ethyl adjacent to an activating group) is 1. The monoisotopic (exact) mass is 345 g/mol. The molecule has 0 aromatic carbocycles. The zero-order valence-electron chi connectivity index (χ0n) is 12.1. The van der Waals surface area contributed by atoms with E-state index in [1.807, 2.05) is 18.8 Å². The van der Waals surface area contributed by atoms with Crippen molar-refractivity contribution in [1.82, 2.24) is 14.7 Å². The van der Waals surface area contributed by atoms with Crippen LogP contribution in [0.5, 0.6) is 0 Å². The Labute approximate surface area is 127 Å². The van der Waals surface area contributed by atoms with Crippen LogP contribution in [-0.4, -0.2) is 54.2 Å². The molecule has 0 saturated carbocycles. The molecule has 0 spiro atoms. The number of halogens is 1. The second-order valence-corrected chi connectivity index (χ2v) is 5.61. The maximum atomic E-state index is 11.9. The van der Waals surface area contributed by atoms with E-state index in [-0.39, 0.29) is 31.0 Å². The summed E-state index contributed by atoms with van der Waals surface area (Å²) in [7, 11) is 5.29. The average molecular weight is 346 g/mol. The smallest absolute Gasteiger partial charge is 0.305 e. The SMILES string of the molecule is COC(=O)CCC(=O)Cc1c(Br)cnn1CCN(C)C. The number of carbonyl (C=O) groups is 2. The first-order valence-electron chi connectivity index (χ1n) is 6.37. The van der Waals surface area contributed by atoms with Gasteiger partial charge in [0.2, 0.25) is 0 Å². The van der Waals surface area contributed by atoms with Crippen LogP contribution >= 0.6 is 15.9 Å². The number of methoxy groups -OCH3 is 1. The van der Waals surface area contributed by atoms with Gasteiger partial charge in [-0.15, -0.1) is 0 Å². The highest BCUT2D eigenvalue weighted by molar-refractivity contribution is 9.10. The number of rotatable bonds is 8. The maximum absolute atomic E-state index is 11.9. The first-order valence-corrected chi connectivity index (χ1v) is 7.16. The van der Waals surface area contributed by atoms with Crippen molar-refractivity contribution in [3.05, 3.63) is 16.4 Å². The molecule has 6 nitrogen and oxygen atoms in total. The molecule has 0 fully saturated rings.